The summed E-state index contributed by atoms with van der Waals surface area (Å²) in [4.78, 5) is 20.1. The molecule has 1 saturated heterocycles. The molecule has 0 radical (unpaired) electrons. The third-order valence-electron chi connectivity index (χ3n) is 2.80. The van der Waals surface area contributed by atoms with Crippen molar-refractivity contribution in [2.24, 2.45) is 0 Å². The van der Waals surface area contributed by atoms with E-state index in [0.29, 0.717) is 11.9 Å². The molecule has 18 heavy (non-hydrogen) atoms. The molecule has 98 valence electrons. The minimum Gasteiger partial charge on any atom is -0.462 e. The zero-order chi connectivity index (χ0) is 13.0. The number of nitrogen functional groups attached to an aromatic ring is 1. The average molecular weight is 267 g/mol. The minimum absolute atomic E-state index is 0.213. The van der Waals surface area contributed by atoms with Gasteiger partial charge < -0.3 is 10.5 Å². The van der Waals surface area contributed by atoms with E-state index in [1.165, 1.54) is 19.0 Å². The summed E-state index contributed by atoms with van der Waals surface area (Å²) in [5, 5.41) is 0.303. The highest BCUT2D eigenvalue weighted by molar-refractivity contribution is 7.99. The molecular weight excluding hydrogens is 250 g/mol. The lowest BCUT2D eigenvalue weighted by Crippen LogP contribution is -2.13. The first-order valence-electron chi connectivity index (χ1n) is 6.13. The maximum atomic E-state index is 11.6. The van der Waals surface area contributed by atoms with Gasteiger partial charge in [-0.1, -0.05) is 6.42 Å². The van der Waals surface area contributed by atoms with Crippen molar-refractivity contribution in [2.75, 3.05) is 18.1 Å². The van der Waals surface area contributed by atoms with E-state index in [1.807, 2.05) is 11.8 Å². The number of anilines is 1. The third kappa shape index (κ3) is 2.93. The van der Waals surface area contributed by atoms with Gasteiger partial charge in [0, 0.05) is 6.20 Å². The molecule has 5 nitrogen and oxygen atoms in total. The fraction of sp³-hybridized carbons (Fsp3) is 0.583. The average Bonchev–Trinajstić information content (AvgIpc) is 2.40. The summed E-state index contributed by atoms with van der Waals surface area (Å²) in [5.41, 5.74) is 6.05. The van der Waals surface area contributed by atoms with E-state index < -0.39 is 5.97 Å². The van der Waals surface area contributed by atoms with Gasteiger partial charge in [-0.3, -0.25) is 0 Å². The van der Waals surface area contributed by atoms with E-state index in [2.05, 4.69) is 9.97 Å². The van der Waals surface area contributed by atoms with Gasteiger partial charge in [-0.05, 0) is 25.5 Å². The molecule has 1 fully saturated rings. The Balaban J connectivity index is 2.16. The normalized spacial score (nSPS) is 19.5. The van der Waals surface area contributed by atoms with Crippen molar-refractivity contribution in [3.8, 4) is 0 Å². The summed E-state index contributed by atoms with van der Waals surface area (Å²) >= 11 is 1.85. The lowest BCUT2D eigenvalue weighted by Gasteiger charge is -2.20. The van der Waals surface area contributed by atoms with E-state index in [-0.39, 0.29) is 11.4 Å². The molecule has 2 heterocycles. The number of hydrogen-bond donors (Lipinski definition) is 1. The number of rotatable bonds is 3. The third-order valence-corrected chi connectivity index (χ3v) is 4.17. The van der Waals surface area contributed by atoms with Crippen LogP contribution in [-0.4, -0.2) is 28.3 Å². The molecule has 0 spiro atoms. The predicted octanol–water partition coefficient (Wildman–Crippen LogP) is 2.19. The molecule has 1 aliphatic rings. The fourth-order valence-electron chi connectivity index (χ4n) is 1.87. The maximum absolute atomic E-state index is 11.6. The molecule has 1 aliphatic heterocycles. The number of nitrogens with two attached hydrogens (primary N) is 1. The lowest BCUT2D eigenvalue weighted by atomic mass is 10.2. The zero-order valence-corrected chi connectivity index (χ0v) is 11.2. The second kappa shape index (κ2) is 6.04. The van der Waals surface area contributed by atoms with Crippen molar-refractivity contribution < 1.29 is 9.53 Å². The smallest absolute Gasteiger partial charge is 0.343 e. The van der Waals surface area contributed by atoms with Gasteiger partial charge in [0.25, 0.3) is 0 Å². The zero-order valence-electron chi connectivity index (χ0n) is 10.4. The van der Waals surface area contributed by atoms with E-state index in [9.17, 15) is 4.79 Å². The van der Waals surface area contributed by atoms with E-state index in [1.54, 1.807) is 6.92 Å². The van der Waals surface area contributed by atoms with Crippen LogP contribution in [0.4, 0.5) is 5.82 Å². The van der Waals surface area contributed by atoms with Gasteiger partial charge in [0.15, 0.2) is 0 Å². The van der Waals surface area contributed by atoms with Crippen LogP contribution in [0.3, 0.4) is 0 Å². The Kier molecular flexibility index (Phi) is 4.41. The summed E-state index contributed by atoms with van der Waals surface area (Å²) < 4.78 is 4.89. The van der Waals surface area contributed by atoms with Crippen molar-refractivity contribution in [3.05, 3.63) is 17.6 Å². The van der Waals surface area contributed by atoms with Gasteiger partial charge >= 0.3 is 5.97 Å². The molecule has 1 unspecified atom stereocenters. The highest BCUT2D eigenvalue weighted by Crippen LogP contribution is 2.36. The van der Waals surface area contributed by atoms with Gasteiger partial charge in [-0.15, -0.1) is 0 Å². The summed E-state index contributed by atoms with van der Waals surface area (Å²) in [6, 6.07) is 0. The number of nitrogens with zero attached hydrogens (tertiary/aromatic N) is 2. The molecule has 0 saturated carbocycles. The van der Waals surface area contributed by atoms with Crippen LogP contribution in [-0.2, 0) is 4.74 Å². The summed E-state index contributed by atoms with van der Waals surface area (Å²) in [6.45, 7) is 2.07. The molecule has 1 aromatic rings. The number of carbonyl (C=O) groups is 1. The molecule has 1 atom stereocenters. The molecule has 6 heteroatoms. The molecular formula is C12H17N3O2S. The maximum Gasteiger partial charge on any atom is 0.343 e. The van der Waals surface area contributed by atoms with Gasteiger partial charge in [0.1, 0.15) is 17.2 Å². The SMILES string of the molecule is CCOC(=O)c1cnc(C2CCCCS2)nc1N. The molecule has 0 amide bonds. The van der Waals surface area contributed by atoms with Crippen molar-refractivity contribution in [2.45, 2.75) is 31.4 Å². The molecule has 0 aromatic carbocycles. The lowest BCUT2D eigenvalue weighted by molar-refractivity contribution is 0.0526. The molecule has 0 bridgehead atoms. The number of aromatic nitrogens is 2. The number of hydrogen-bond acceptors (Lipinski definition) is 6. The van der Waals surface area contributed by atoms with Crippen LogP contribution in [0.25, 0.3) is 0 Å². The van der Waals surface area contributed by atoms with E-state index in [0.717, 1.165) is 18.0 Å². The van der Waals surface area contributed by atoms with Gasteiger partial charge in [0.2, 0.25) is 0 Å². The molecule has 2 N–H and O–H groups in total. The fourth-order valence-corrected chi connectivity index (χ4v) is 3.13. The summed E-state index contributed by atoms with van der Waals surface area (Å²) in [7, 11) is 0. The van der Waals surface area contributed by atoms with Crippen LogP contribution in [0.5, 0.6) is 0 Å². The second-order valence-corrected chi connectivity index (χ2v) is 5.41. The monoisotopic (exact) mass is 267 g/mol. The van der Waals surface area contributed by atoms with Crippen molar-refractivity contribution in [3.63, 3.8) is 0 Å². The predicted molar refractivity (Wildman–Crippen MR) is 71.5 cm³/mol. The van der Waals surface area contributed by atoms with Gasteiger partial charge in [-0.2, -0.15) is 11.8 Å². The first-order chi connectivity index (χ1) is 8.72. The van der Waals surface area contributed by atoms with Gasteiger partial charge in [-0.25, -0.2) is 14.8 Å². The Bertz CT molecular complexity index is 433. The Morgan fingerprint density at radius 1 is 1.61 bits per heavy atom. The second-order valence-electron chi connectivity index (χ2n) is 4.10. The number of thioether (sulfide) groups is 1. The number of ether oxygens (including phenoxy) is 1. The van der Waals surface area contributed by atoms with Crippen LogP contribution in [0.15, 0.2) is 6.20 Å². The summed E-state index contributed by atoms with van der Waals surface area (Å²) in [6.07, 6.45) is 4.99. The highest BCUT2D eigenvalue weighted by Gasteiger charge is 2.21. The quantitative estimate of drug-likeness (QED) is 0.846. The van der Waals surface area contributed by atoms with Gasteiger partial charge in [0.05, 0.1) is 11.9 Å². The van der Waals surface area contributed by atoms with E-state index in [4.69, 9.17) is 10.5 Å². The van der Waals surface area contributed by atoms with Crippen LogP contribution < -0.4 is 5.73 Å². The topological polar surface area (TPSA) is 78.1 Å². The summed E-state index contributed by atoms with van der Waals surface area (Å²) in [5.74, 6) is 1.61. The van der Waals surface area contributed by atoms with Crippen LogP contribution in [0.2, 0.25) is 0 Å². The first kappa shape index (κ1) is 13.1. The number of esters is 1. The number of carbonyl (C=O) groups excluding carboxylic acids is 1. The first-order valence-corrected chi connectivity index (χ1v) is 7.18. The molecule has 0 aliphatic carbocycles. The Labute approximate surface area is 111 Å². The highest BCUT2D eigenvalue weighted by atomic mass is 32.2. The Morgan fingerprint density at radius 2 is 2.44 bits per heavy atom. The van der Waals surface area contributed by atoms with E-state index >= 15 is 0 Å². The van der Waals surface area contributed by atoms with Crippen molar-refractivity contribution in [1.82, 2.24) is 9.97 Å². The van der Waals surface area contributed by atoms with Crippen LogP contribution in [0, 0.1) is 0 Å². The van der Waals surface area contributed by atoms with Crippen LogP contribution >= 0.6 is 11.8 Å². The Morgan fingerprint density at radius 3 is 3.06 bits per heavy atom. The molecule has 2 rings (SSSR count). The van der Waals surface area contributed by atoms with Crippen molar-refractivity contribution in [1.29, 1.82) is 0 Å². The molecule has 1 aromatic heterocycles. The van der Waals surface area contributed by atoms with Crippen LogP contribution in [0.1, 0.15) is 47.6 Å². The standard InChI is InChI=1S/C12H17N3O2S/c1-2-17-12(16)8-7-14-11(15-10(8)13)9-5-3-4-6-18-9/h7,9H,2-6H2,1H3,(H2,13,14,15). The largest absolute Gasteiger partial charge is 0.462 e. The van der Waals surface area contributed by atoms with Crippen molar-refractivity contribution >= 4 is 23.5 Å². The Hall–Kier alpha value is -1.30. The minimum atomic E-state index is -0.460.